The zero-order valence-electron chi connectivity index (χ0n) is 10.6. The van der Waals surface area contributed by atoms with Crippen molar-refractivity contribution in [2.45, 2.75) is 0 Å². The highest BCUT2D eigenvalue weighted by Gasteiger charge is 2.13. The van der Waals surface area contributed by atoms with Crippen LogP contribution in [0.4, 0.5) is 10.3 Å². The molecule has 0 amide bonds. The van der Waals surface area contributed by atoms with E-state index in [1.807, 2.05) is 0 Å². The predicted octanol–water partition coefficient (Wildman–Crippen LogP) is 3.98. The third kappa shape index (κ3) is 3.18. The number of anilines is 1. The van der Waals surface area contributed by atoms with Gasteiger partial charge in [0.05, 0.1) is 22.3 Å². The number of nitrogens with zero attached hydrogens (tertiary/aromatic N) is 2. The summed E-state index contributed by atoms with van der Waals surface area (Å²) in [7, 11) is 3.19. The summed E-state index contributed by atoms with van der Waals surface area (Å²) in [6.45, 7) is 0. The van der Waals surface area contributed by atoms with Crippen LogP contribution in [0.3, 0.4) is 0 Å². The minimum Gasteiger partial charge on any atom is -0.496 e. The Bertz CT molecular complexity index is 640. The summed E-state index contributed by atoms with van der Waals surface area (Å²) in [5, 5.41) is 2.71. The quantitative estimate of drug-likeness (QED) is 0.832. The van der Waals surface area contributed by atoms with Crippen LogP contribution in [0.2, 0.25) is 0 Å². The van der Waals surface area contributed by atoms with Gasteiger partial charge in [-0.2, -0.15) is 9.37 Å². The molecule has 5 nitrogen and oxygen atoms in total. The van der Waals surface area contributed by atoms with Gasteiger partial charge in [0.25, 0.3) is 5.88 Å². The van der Waals surface area contributed by atoms with Crippen molar-refractivity contribution >= 4 is 37.8 Å². The predicted molar refractivity (Wildman–Crippen MR) is 80.0 cm³/mol. The smallest absolute Gasteiger partial charge is 0.260 e. The Hall–Kier alpha value is -1.41. The van der Waals surface area contributed by atoms with Crippen molar-refractivity contribution in [1.29, 1.82) is 0 Å². The molecule has 1 heterocycles. The van der Waals surface area contributed by atoms with Gasteiger partial charge in [0.2, 0.25) is 11.8 Å². The van der Waals surface area contributed by atoms with Crippen molar-refractivity contribution in [3.05, 3.63) is 33.1 Å². The number of hydrogen-bond acceptors (Lipinski definition) is 5. The van der Waals surface area contributed by atoms with Crippen LogP contribution in [0.25, 0.3) is 0 Å². The second-order valence-electron chi connectivity index (χ2n) is 3.62. The molecule has 1 aromatic heterocycles. The van der Waals surface area contributed by atoms with E-state index in [1.54, 1.807) is 26.3 Å². The largest absolute Gasteiger partial charge is 0.496 e. The van der Waals surface area contributed by atoms with Gasteiger partial charge in [0.1, 0.15) is 11.5 Å². The Morgan fingerprint density at radius 2 is 1.85 bits per heavy atom. The normalized spacial score (nSPS) is 10.2. The van der Waals surface area contributed by atoms with Crippen LogP contribution < -0.4 is 14.8 Å². The summed E-state index contributed by atoms with van der Waals surface area (Å²) in [5.74, 6) is 0.482. The molecule has 20 heavy (non-hydrogen) atoms. The summed E-state index contributed by atoms with van der Waals surface area (Å²) < 4.78 is 25.5. The molecule has 1 aromatic carbocycles. The zero-order chi connectivity index (χ0) is 14.7. The Morgan fingerprint density at radius 1 is 1.20 bits per heavy atom. The number of halogens is 3. The molecule has 0 aliphatic rings. The van der Waals surface area contributed by atoms with Gasteiger partial charge in [0.15, 0.2) is 0 Å². The lowest BCUT2D eigenvalue weighted by Gasteiger charge is -2.11. The number of hydrogen-bond donors (Lipinski definition) is 1. The van der Waals surface area contributed by atoms with E-state index in [0.717, 1.165) is 6.20 Å². The van der Waals surface area contributed by atoms with E-state index in [-0.39, 0.29) is 11.8 Å². The molecule has 0 saturated carbocycles. The van der Waals surface area contributed by atoms with Crippen molar-refractivity contribution in [1.82, 2.24) is 9.97 Å². The molecule has 106 valence electrons. The number of aromatic nitrogens is 2. The Kier molecular flexibility index (Phi) is 4.77. The molecule has 0 spiro atoms. The van der Waals surface area contributed by atoms with Gasteiger partial charge >= 0.3 is 0 Å². The van der Waals surface area contributed by atoms with Crippen LogP contribution in [0.5, 0.6) is 17.4 Å². The van der Waals surface area contributed by atoms with Gasteiger partial charge in [-0.25, -0.2) is 4.98 Å². The van der Waals surface area contributed by atoms with Crippen molar-refractivity contribution in [3.8, 4) is 17.4 Å². The molecule has 0 radical (unpaired) electrons. The fourth-order valence-electron chi connectivity index (χ4n) is 1.39. The van der Waals surface area contributed by atoms with Gasteiger partial charge in [-0.3, -0.25) is 0 Å². The van der Waals surface area contributed by atoms with Crippen molar-refractivity contribution in [3.63, 3.8) is 0 Å². The van der Waals surface area contributed by atoms with Crippen LogP contribution in [0, 0.1) is 5.82 Å². The second kappa shape index (κ2) is 6.36. The molecular formula is C12H10Br2FN3O2. The maximum Gasteiger partial charge on any atom is 0.260 e. The summed E-state index contributed by atoms with van der Waals surface area (Å²) >= 11 is 6.67. The lowest BCUT2D eigenvalue weighted by atomic mass is 10.3. The average molecular weight is 407 g/mol. The van der Waals surface area contributed by atoms with Crippen LogP contribution in [0.15, 0.2) is 27.3 Å². The number of rotatable bonds is 4. The highest BCUT2D eigenvalue weighted by molar-refractivity contribution is 9.11. The molecule has 0 unspecified atom stereocenters. The molecule has 0 atom stereocenters. The summed E-state index contributed by atoms with van der Waals surface area (Å²) in [6, 6.07) is 3.36. The van der Waals surface area contributed by atoms with Crippen molar-refractivity contribution < 1.29 is 13.9 Å². The van der Waals surface area contributed by atoms with E-state index in [4.69, 9.17) is 9.47 Å². The molecule has 0 bridgehead atoms. The Morgan fingerprint density at radius 3 is 2.50 bits per heavy atom. The molecule has 2 aromatic rings. The molecule has 0 fully saturated rings. The summed E-state index contributed by atoms with van der Waals surface area (Å²) in [5.41, 5.74) is 0. The van der Waals surface area contributed by atoms with Crippen molar-refractivity contribution in [2.75, 3.05) is 19.5 Å². The number of nitrogens with one attached hydrogen (secondary N) is 1. The minimum absolute atomic E-state index is 0.165. The monoisotopic (exact) mass is 405 g/mol. The van der Waals surface area contributed by atoms with Gasteiger partial charge in [-0.05, 0) is 44.0 Å². The van der Waals surface area contributed by atoms with E-state index in [1.165, 1.54) is 0 Å². The summed E-state index contributed by atoms with van der Waals surface area (Å²) in [6.07, 6.45) is 1.04. The van der Waals surface area contributed by atoms with E-state index < -0.39 is 5.82 Å². The van der Waals surface area contributed by atoms with Gasteiger partial charge in [-0.1, -0.05) is 0 Å². The third-order valence-corrected chi connectivity index (χ3v) is 3.59. The Balaban J connectivity index is 2.37. The zero-order valence-corrected chi connectivity index (χ0v) is 13.7. The maximum absolute atomic E-state index is 13.6. The topological polar surface area (TPSA) is 56.3 Å². The maximum atomic E-state index is 13.6. The fraction of sp³-hybridized carbons (Fsp3) is 0.167. The van der Waals surface area contributed by atoms with Crippen molar-refractivity contribution in [2.24, 2.45) is 0 Å². The number of ether oxygens (including phenoxy) is 2. The summed E-state index contributed by atoms with van der Waals surface area (Å²) in [4.78, 5) is 7.66. The number of benzene rings is 1. The van der Waals surface area contributed by atoms with Gasteiger partial charge in [-0.15, -0.1) is 0 Å². The first-order valence-corrected chi connectivity index (χ1v) is 7.05. The first-order valence-electron chi connectivity index (χ1n) is 5.46. The molecule has 1 N–H and O–H groups in total. The first kappa shape index (κ1) is 15.0. The molecule has 0 aliphatic heterocycles. The third-order valence-electron chi connectivity index (χ3n) is 2.35. The van der Waals surface area contributed by atoms with Crippen LogP contribution in [-0.4, -0.2) is 24.1 Å². The standard InChI is InChI=1S/C12H10Br2FN3O2/c1-16-12-17-5-8(15)11(18-12)20-10-4-6(13)9(19-2)3-7(10)14/h3-5H,1-2H3,(H,16,17,18). The van der Waals surface area contributed by atoms with E-state index >= 15 is 0 Å². The van der Waals surface area contributed by atoms with Gasteiger partial charge in [0, 0.05) is 7.05 Å². The highest BCUT2D eigenvalue weighted by atomic mass is 79.9. The molecular weight excluding hydrogens is 397 g/mol. The van der Waals surface area contributed by atoms with Crippen LogP contribution in [0.1, 0.15) is 0 Å². The second-order valence-corrected chi connectivity index (χ2v) is 5.32. The lowest BCUT2D eigenvalue weighted by Crippen LogP contribution is -2.00. The van der Waals surface area contributed by atoms with E-state index in [9.17, 15) is 4.39 Å². The average Bonchev–Trinajstić information content (AvgIpc) is 2.44. The fourth-order valence-corrected chi connectivity index (χ4v) is 2.28. The van der Waals surface area contributed by atoms with Gasteiger partial charge < -0.3 is 14.8 Å². The molecule has 0 aliphatic carbocycles. The SMILES string of the molecule is CNc1ncc(F)c(Oc2cc(Br)c(OC)cc2Br)n1. The molecule has 0 saturated heterocycles. The number of methoxy groups -OCH3 is 1. The lowest BCUT2D eigenvalue weighted by molar-refractivity contribution is 0.403. The van der Waals surface area contributed by atoms with Crippen LogP contribution in [-0.2, 0) is 0 Å². The first-order chi connectivity index (χ1) is 9.55. The Labute approximate surface area is 131 Å². The molecule has 2 rings (SSSR count). The minimum atomic E-state index is -0.650. The van der Waals surface area contributed by atoms with E-state index in [0.29, 0.717) is 20.4 Å². The van der Waals surface area contributed by atoms with Crippen LogP contribution >= 0.6 is 31.9 Å². The highest BCUT2D eigenvalue weighted by Crippen LogP contribution is 2.38. The van der Waals surface area contributed by atoms with E-state index in [2.05, 4.69) is 47.1 Å². The molecule has 8 heteroatoms.